The van der Waals surface area contributed by atoms with Crippen molar-refractivity contribution in [1.29, 1.82) is 0 Å². The quantitative estimate of drug-likeness (QED) is 0.853. The minimum Gasteiger partial charge on any atom is -0.384 e. The van der Waals surface area contributed by atoms with E-state index in [9.17, 15) is 9.59 Å². The van der Waals surface area contributed by atoms with E-state index in [1.54, 1.807) is 24.3 Å². The SMILES string of the molecule is CN(CCN1C(=O)c2ccccc2C1=O)Cc1cccc2c1NCC2. The van der Waals surface area contributed by atoms with Gasteiger partial charge in [0.25, 0.3) is 11.8 Å². The average molecular weight is 335 g/mol. The second-order valence-electron chi connectivity index (χ2n) is 6.67. The summed E-state index contributed by atoms with van der Waals surface area (Å²) < 4.78 is 0. The molecule has 5 heteroatoms. The Labute approximate surface area is 147 Å². The third kappa shape index (κ3) is 2.81. The summed E-state index contributed by atoms with van der Waals surface area (Å²) in [6.45, 7) is 2.84. The second-order valence-corrected chi connectivity index (χ2v) is 6.67. The molecule has 0 unspecified atom stereocenters. The van der Waals surface area contributed by atoms with Crippen molar-refractivity contribution < 1.29 is 9.59 Å². The van der Waals surface area contributed by atoms with Gasteiger partial charge in [-0.1, -0.05) is 30.3 Å². The second kappa shape index (κ2) is 6.33. The Morgan fingerprint density at radius 2 is 1.76 bits per heavy atom. The largest absolute Gasteiger partial charge is 0.384 e. The van der Waals surface area contributed by atoms with Gasteiger partial charge in [0.2, 0.25) is 0 Å². The van der Waals surface area contributed by atoms with Gasteiger partial charge in [-0.05, 0) is 36.7 Å². The van der Waals surface area contributed by atoms with Crippen LogP contribution in [0.4, 0.5) is 5.69 Å². The summed E-state index contributed by atoms with van der Waals surface area (Å²) in [4.78, 5) is 28.3. The molecule has 0 atom stereocenters. The first-order valence-electron chi connectivity index (χ1n) is 8.63. The summed E-state index contributed by atoms with van der Waals surface area (Å²) in [5, 5.41) is 3.45. The number of rotatable bonds is 5. The predicted octanol–water partition coefficient (Wildman–Crippen LogP) is 2.38. The first-order chi connectivity index (χ1) is 12.1. The molecular formula is C20H21N3O2. The lowest BCUT2D eigenvalue weighted by Gasteiger charge is -2.21. The van der Waals surface area contributed by atoms with Crippen LogP contribution in [0.2, 0.25) is 0 Å². The molecule has 0 radical (unpaired) electrons. The number of amides is 2. The van der Waals surface area contributed by atoms with Crippen molar-refractivity contribution in [2.45, 2.75) is 13.0 Å². The van der Waals surface area contributed by atoms with Crippen LogP contribution in [0.25, 0.3) is 0 Å². The molecule has 1 N–H and O–H groups in total. The van der Waals surface area contributed by atoms with Gasteiger partial charge in [-0.3, -0.25) is 14.5 Å². The fourth-order valence-electron chi connectivity index (χ4n) is 3.63. The van der Waals surface area contributed by atoms with Gasteiger partial charge in [0.1, 0.15) is 0 Å². The Morgan fingerprint density at radius 3 is 2.48 bits per heavy atom. The van der Waals surface area contributed by atoms with Crippen LogP contribution < -0.4 is 5.32 Å². The molecule has 0 bridgehead atoms. The molecule has 2 amide bonds. The summed E-state index contributed by atoms with van der Waals surface area (Å²) in [6.07, 6.45) is 1.07. The fraction of sp³-hybridized carbons (Fsp3) is 0.300. The molecule has 0 fully saturated rings. The number of hydrogen-bond donors (Lipinski definition) is 1. The number of anilines is 1. The lowest BCUT2D eigenvalue weighted by Crippen LogP contribution is -2.36. The van der Waals surface area contributed by atoms with Gasteiger partial charge in [0.15, 0.2) is 0 Å². The van der Waals surface area contributed by atoms with Gasteiger partial charge in [0, 0.05) is 31.9 Å². The molecule has 5 nitrogen and oxygen atoms in total. The van der Waals surface area contributed by atoms with Crippen LogP contribution >= 0.6 is 0 Å². The van der Waals surface area contributed by atoms with Crippen LogP contribution in [-0.2, 0) is 13.0 Å². The maximum Gasteiger partial charge on any atom is 0.261 e. The van der Waals surface area contributed by atoms with E-state index in [0.29, 0.717) is 24.2 Å². The van der Waals surface area contributed by atoms with E-state index < -0.39 is 0 Å². The molecule has 0 saturated carbocycles. The topological polar surface area (TPSA) is 52.7 Å². The standard InChI is InChI=1S/C20H21N3O2/c1-22(13-15-6-4-5-14-9-10-21-18(14)15)11-12-23-19(24)16-7-2-3-8-17(16)20(23)25/h2-8,21H,9-13H2,1H3. The molecule has 2 aliphatic heterocycles. The maximum absolute atomic E-state index is 12.4. The van der Waals surface area contributed by atoms with Crippen LogP contribution in [0, 0.1) is 0 Å². The smallest absolute Gasteiger partial charge is 0.261 e. The van der Waals surface area contributed by atoms with E-state index >= 15 is 0 Å². The lowest BCUT2D eigenvalue weighted by atomic mass is 10.1. The minimum absolute atomic E-state index is 0.184. The molecule has 2 aromatic rings. The Hall–Kier alpha value is -2.66. The number of nitrogens with zero attached hydrogens (tertiary/aromatic N) is 2. The number of carbonyl (C=O) groups excluding carboxylic acids is 2. The number of imide groups is 1. The van der Waals surface area contributed by atoms with Crippen LogP contribution in [0.5, 0.6) is 0 Å². The summed E-state index contributed by atoms with van der Waals surface area (Å²) in [5.74, 6) is -0.368. The number of likely N-dealkylation sites (N-methyl/N-ethyl adjacent to an activating group) is 1. The van der Waals surface area contributed by atoms with Crippen molar-refractivity contribution >= 4 is 17.5 Å². The van der Waals surface area contributed by atoms with E-state index in [1.165, 1.54) is 21.7 Å². The third-order valence-corrected chi connectivity index (χ3v) is 4.96. The van der Waals surface area contributed by atoms with Gasteiger partial charge in [-0.25, -0.2) is 0 Å². The maximum atomic E-state index is 12.4. The van der Waals surface area contributed by atoms with Gasteiger partial charge in [-0.2, -0.15) is 0 Å². The molecule has 25 heavy (non-hydrogen) atoms. The number of benzene rings is 2. The van der Waals surface area contributed by atoms with Crippen molar-refractivity contribution in [3.63, 3.8) is 0 Å². The third-order valence-electron chi connectivity index (χ3n) is 4.96. The average Bonchev–Trinajstić information content (AvgIpc) is 3.19. The van der Waals surface area contributed by atoms with E-state index in [2.05, 4.69) is 28.4 Å². The number of hydrogen-bond acceptors (Lipinski definition) is 4. The number of nitrogens with one attached hydrogen (secondary N) is 1. The Bertz CT molecular complexity index is 812. The molecule has 0 spiro atoms. The molecule has 2 aromatic carbocycles. The van der Waals surface area contributed by atoms with Crippen molar-refractivity contribution in [3.8, 4) is 0 Å². The zero-order chi connectivity index (χ0) is 17.4. The van der Waals surface area contributed by atoms with Crippen LogP contribution in [0.15, 0.2) is 42.5 Å². The highest BCUT2D eigenvalue weighted by Crippen LogP contribution is 2.27. The fourth-order valence-corrected chi connectivity index (χ4v) is 3.63. The first kappa shape index (κ1) is 15.8. The van der Waals surface area contributed by atoms with Gasteiger partial charge in [0.05, 0.1) is 11.1 Å². The summed E-state index contributed by atoms with van der Waals surface area (Å²) in [5.41, 5.74) is 4.90. The number of carbonyl (C=O) groups is 2. The normalized spacial score (nSPS) is 15.5. The highest BCUT2D eigenvalue weighted by Gasteiger charge is 2.34. The van der Waals surface area contributed by atoms with E-state index in [1.807, 2.05) is 7.05 Å². The number of fused-ring (bicyclic) bond motifs is 2. The Balaban J connectivity index is 1.40. The molecule has 0 aromatic heterocycles. The number of para-hydroxylation sites is 1. The molecule has 0 saturated heterocycles. The van der Waals surface area contributed by atoms with Crippen molar-refractivity contribution in [1.82, 2.24) is 9.80 Å². The van der Waals surface area contributed by atoms with Gasteiger partial charge >= 0.3 is 0 Å². The minimum atomic E-state index is -0.184. The molecule has 4 rings (SSSR count). The van der Waals surface area contributed by atoms with Crippen LogP contribution in [0.3, 0.4) is 0 Å². The summed E-state index contributed by atoms with van der Waals surface area (Å²) in [7, 11) is 2.02. The highest BCUT2D eigenvalue weighted by molar-refractivity contribution is 6.21. The zero-order valence-corrected chi connectivity index (χ0v) is 14.3. The lowest BCUT2D eigenvalue weighted by molar-refractivity contribution is 0.0640. The highest BCUT2D eigenvalue weighted by atomic mass is 16.2. The predicted molar refractivity (Wildman–Crippen MR) is 96.8 cm³/mol. The van der Waals surface area contributed by atoms with Crippen molar-refractivity contribution in [2.75, 3.05) is 32.0 Å². The molecule has 2 aliphatic rings. The zero-order valence-electron chi connectivity index (χ0n) is 14.3. The van der Waals surface area contributed by atoms with Gasteiger partial charge < -0.3 is 10.2 Å². The molecule has 2 heterocycles. The van der Waals surface area contributed by atoms with E-state index in [-0.39, 0.29) is 11.8 Å². The van der Waals surface area contributed by atoms with E-state index in [0.717, 1.165) is 19.5 Å². The molecule has 0 aliphatic carbocycles. The first-order valence-corrected chi connectivity index (χ1v) is 8.63. The monoisotopic (exact) mass is 335 g/mol. The van der Waals surface area contributed by atoms with Crippen LogP contribution in [0.1, 0.15) is 31.8 Å². The summed E-state index contributed by atoms with van der Waals surface area (Å²) in [6, 6.07) is 13.4. The Morgan fingerprint density at radius 1 is 1.04 bits per heavy atom. The summed E-state index contributed by atoms with van der Waals surface area (Å²) >= 11 is 0. The Kier molecular flexibility index (Phi) is 4.01. The van der Waals surface area contributed by atoms with Crippen molar-refractivity contribution in [3.05, 3.63) is 64.7 Å². The van der Waals surface area contributed by atoms with Crippen molar-refractivity contribution in [2.24, 2.45) is 0 Å². The van der Waals surface area contributed by atoms with E-state index in [4.69, 9.17) is 0 Å². The van der Waals surface area contributed by atoms with Crippen LogP contribution in [-0.4, -0.2) is 48.3 Å². The van der Waals surface area contributed by atoms with Gasteiger partial charge in [-0.15, -0.1) is 0 Å². The molecular weight excluding hydrogens is 314 g/mol. The molecule has 128 valence electrons.